The molecule has 0 saturated heterocycles. The molecule has 1 aromatic carbocycles. The summed E-state index contributed by atoms with van der Waals surface area (Å²) in [6.45, 7) is 2.12. The van der Waals surface area contributed by atoms with E-state index in [-0.39, 0.29) is 12.2 Å². The Balaban J connectivity index is 2.14. The van der Waals surface area contributed by atoms with Gasteiger partial charge in [-0.2, -0.15) is 0 Å². The first-order valence-electron chi connectivity index (χ1n) is 8.21. The van der Waals surface area contributed by atoms with Crippen LogP contribution in [-0.2, 0) is 27.4 Å². The number of cyclic esters (lactones) is 1. The molecule has 0 saturated carbocycles. The lowest BCUT2D eigenvalue weighted by Crippen LogP contribution is -2.35. The van der Waals surface area contributed by atoms with E-state index >= 15 is 0 Å². The molecule has 1 atom stereocenters. The van der Waals surface area contributed by atoms with Gasteiger partial charge in [-0.05, 0) is 17.5 Å². The Hall–Kier alpha value is -2.89. The van der Waals surface area contributed by atoms with Gasteiger partial charge in [0.05, 0.1) is 36.4 Å². The molecule has 0 spiro atoms. The van der Waals surface area contributed by atoms with Crippen molar-refractivity contribution in [3.05, 3.63) is 56.9 Å². The maximum absolute atomic E-state index is 13.0. The molecule has 6 heteroatoms. The fraction of sp³-hybridized carbons (Fsp3) is 0.316. The topological polar surface area (TPSA) is 74.6 Å². The lowest BCUT2D eigenvalue weighted by atomic mass is 9.85. The molecule has 4 rings (SSSR count). The number of methoxy groups -OCH3 is 1. The van der Waals surface area contributed by atoms with Gasteiger partial charge in [-0.25, -0.2) is 4.79 Å². The van der Waals surface area contributed by atoms with Gasteiger partial charge in [0, 0.05) is 5.56 Å². The summed E-state index contributed by atoms with van der Waals surface area (Å²) >= 11 is 0. The number of fused-ring (bicyclic) bond motifs is 4. The summed E-state index contributed by atoms with van der Waals surface area (Å²) in [5.41, 5.74) is 3.29. The molecule has 128 valence electrons. The number of benzene rings is 1. The van der Waals surface area contributed by atoms with Crippen molar-refractivity contribution < 1.29 is 19.1 Å². The van der Waals surface area contributed by atoms with Crippen molar-refractivity contribution in [2.75, 3.05) is 7.11 Å². The first-order valence-corrected chi connectivity index (χ1v) is 8.21. The molecule has 2 aliphatic rings. The Bertz CT molecular complexity index is 973. The van der Waals surface area contributed by atoms with Gasteiger partial charge in [-0.1, -0.05) is 31.2 Å². The number of carbonyl (C=O) groups excluding carboxylic acids is 2. The smallest absolute Gasteiger partial charge is 0.340 e. The number of rotatable bonds is 2. The van der Waals surface area contributed by atoms with E-state index in [1.165, 1.54) is 7.11 Å². The maximum atomic E-state index is 13.0. The first kappa shape index (κ1) is 15.6. The predicted molar refractivity (Wildman–Crippen MR) is 89.4 cm³/mol. The van der Waals surface area contributed by atoms with E-state index < -0.39 is 17.9 Å². The monoisotopic (exact) mass is 339 g/mol. The van der Waals surface area contributed by atoms with E-state index in [4.69, 9.17) is 9.47 Å². The molecule has 0 amide bonds. The fourth-order valence-corrected chi connectivity index (χ4v) is 3.85. The van der Waals surface area contributed by atoms with Gasteiger partial charge >= 0.3 is 11.9 Å². The van der Waals surface area contributed by atoms with Crippen molar-refractivity contribution in [2.45, 2.75) is 32.4 Å². The molecule has 3 heterocycles. The van der Waals surface area contributed by atoms with Gasteiger partial charge in [0.2, 0.25) is 0 Å². The Morgan fingerprint density at radius 1 is 1.32 bits per heavy atom. The van der Waals surface area contributed by atoms with Crippen LogP contribution in [0.2, 0.25) is 0 Å². The van der Waals surface area contributed by atoms with Crippen LogP contribution < -0.4 is 5.56 Å². The third-order valence-corrected chi connectivity index (χ3v) is 4.99. The van der Waals surface area contributed by atoms with Crippen LogP contribution in [0.1, 0.15) is 46.3 Å². The van der Waals surface area contributed by atoms with Crippen LogP contribution in [-0.4, -0.2) is 23.6 Å². The molecule has 0 bridgehead atoms. The lowest BCUT2D eigenvalue weighted by Gasteiger charge is -2.27. The molecule has 6 nitrogen and oxygen atoms in total. The van der Waals surface area contributed by atoms with Crippen LogP contribution in [0.5, 0.6) is 0 Å². The predicted octanol–water partition coefficient (Wildman–Crippen LogP) is 2.21. The minimum Gasteiger partial charge on any atom is -0.465 e. The third kappa shape index (κ3) is 2.06. The van der Waals surface area contributed by atoms with Crippen LogP contribution >= 0.6 is 0 Å². The van der Waals surface area contributed by atoms with E-state index in [0.29, 0.717) is 35.3 Å². The molecule has 2 aromatic rings. The van der Waals surface area contributed by atoms with Crippen molar-refractivity contribution in [3.8, 4) is 11.3 Å². The zero-order chi connectivity index (χ0) is 17.7. The fourth-order valence-electron chi connectivity index (χ4n) is 3.85. The highest BCUT2D eigenvalue weighted by Gasteiger charge is 2.39. The number of nitrogens with zero attached hydrogens (tertiary/aromatic N) is 1. The normalized spacial score (nSPS) is 17.4. The van der Waals surface area contributed by atoms with Crippen LogP contribution in [0.3, 0.4) is 0 Å². The molecule has 2 aliphatic heterocycles. The molecule has 0 aliphatic carbocycles. The summed E-state index contributed by atoms with van der Waals surface area (Å²) in [6.07, 6.45) is 0.445. The SMILES string of the molecule is CCC1C(=O)OCc2c1c(C(=O)OC)c1n(c2=O)Cc2ccccc2-1. The Morgan fingerprint density at radius 3 is 2.80 bits per heavy atom. The number of pyridine rings is 1. The summed E-state index contributed by atoms with van der Waals surface area (Å²) in [5.74, 6) is -1.58. The quantitative estimate of drug-likeness (QED) is 0.669. The van der Waals surface area contributed by atoms with Gasteiger partial charge < -0.3 is 14.0 Å². The van der Waals surface area contributed by atoms with E-state index in [2.05, 4.69) is 0 Å². The maximum Gasteiger partial charge on any atom is 0.340 e. The van der Waals surface area contributed by atoms with Crippen LogP contribution in [0, 0.1) is 0 Å². The second-order valence-corrected chi connectivity index (χ2v) is 6.22. The van der Waals surface area contributed by atoms with Crippen molar-refractivity contribution in [3.63, 3.8) is 0 Å². The molecular formula is C19H17NO5. The summed E-state index contributed by atoms with van der Waals surface area (Å²) in [6, 6.07) is 7.58. The lowest BCUT2D eigenvalue weighted by molar-refractivity contribution is -0.148. The average molecular weight is 339 g/mol. The van der Waals surface area contributed by atoms with Crippen molar-refractivity contribution in [2.24, 2.45) is 0 Å². The van der Waals surface area contributed by atoms with Crippen LogP contribution in [0.15, 0.2) is 29.1 Å². The number of aromatic nitrogens is 1. The van der Waals surface area contributed by atoms with E-state index in [1.807, 2.05) is 31.2 Å². The largest absolute Gasteiger partial charge is 0.465 e. The summed E-state index contributed by atoms with van der Waals surface area (Å²) in [7, 11) is 1.31. The van der Waals surface area contributed by atoms with Crippen molar-refractivity contribution in [1.82, 2.24) is 4.57 Å². The van der Waals surface area contributed by atoms with Gasteiger partial charge in [0.25, 0.3) is 5.56 Å². The van der Waals surface area contributed by atoms with Crippen molar-refractivity contribution >= 4 is 11.9 Å². The van der Waals surface area contributed by atoms with Gasteiger partial charge in [0.1, 0.15) is 6.61 Å². The zero-order valence-electron chi connectivity index (χ0n) is 14.0. The number of ether oxygens (including phenoxy) is 2. The minimum atomic E-state index is -0.635. The highest BCUT2D eigenvalue weighted by Crippen LogP contribution is 2.40. The third-order valence-electron chi connectivity index (χ3n) is 4.99. The second-order valence-electron chi connectivity index (χ2n) is 6.22. The minimum absolute atomic E-state index is 0.107. The summed E-state index contributed by atoms with van der Waals surface area (Å²) in [4.78, 5) is 37.9. The van der Waals surface area contributed by atoms with Crippen molar-refractivity contribution in [1.29, 1.82) is 0 Å². The molecule has 1 unspecified atom stereocenters. The highest BCUT2D eigenvalue weighted by atomic mass is 16.5. The Labute approximate surface area is 144 Å². The highest BCUT2D eigenvalue weighted by molar-refractivity contribution is 6.01. The van der Waals surface area contributed by atoms with E-state index in [9.17, 15) is 14.4 Å². The Morgan fingerprint density at radius 2 is 2.08 bits per heavy atom. The summed E-state index contributed by atoms with van der Waals surface area (Å²) < 4.78 is 11.8. The van der Waals surface area contributed by atoms with Gasteiger partial charge in [-0.15, -0.1) is 0 Å². The van der Waals surface area contributed by atoms with E-state index in [1.54, 1.807) is 4.57 Å². The molecular weight excluding hydrogens is 322 g/mol. The van der Waals surface area contributed by atoms with Gasteiger partial charge in [0.15, 0.2) is 0 Å². The van der Waals surface area contributed by atoms with Crippen LogP contribution in [0.25, 0.3) is 11.3 Å². The molecule has 1 aromatic heterocycles. The summed E-state index contributed by atoms with van der Waals surface area (Å²) in [5, 5.41) is 0. The number of esters is 2. The average Bonchev–Trinajstić information content (AvgIpc) is 3.01. The second kappa shape index (κ2) is 5.58. The standard InChI is InChI=1S/C19H17NO5/c1-3-11-14-13(9-25-18(11)22)17(21)20-8-10-6-4-5-7-12(10)16(20)15(14)19(23)24-2/h4-7,11H,3,8-9H2,1-2H3. The van der Waals surface area contributed by atoms with E-state index in [0.717, 1.165) is 11.1 Å². The number of carbonyl (C=O) groups is 2. The molecule has 0 fully saturated rings. The molecule has 25 heavy (non-hydrogen) atoms. The van der Waals surface area contributed by atoms with Gasteiger partial charge in [-0.3, -0.25) is 9.59 Å². The molecule has 0 radical (unpaired) electrons. The Kier molecular flexibility index (Phi) is 3.49. The zero-order valence-corrected chi connectivity index (χ0v) is 14.0. The number of hydrogen-bond donors (Lipinski definition) is 0. The first-order chi connectivity index (χ1) is 12.1. The number of hydrogen-bond acceptors (Lipinski definition) is 5. The van der Waals surface area contributed by atoms with Crippen LogP contribution in [0.4, 0.5) is 0 Å². The molecule has 0 N–H and O–H groups in total.